The standard InChI is InChI=1S/C13H14N4O2.ClH/c14-12-15-10-7-4-8-17(11(10)16-12)13(18)19-9-5-2-1-3-6-9;/h1-7,10-11H,8H2,(H3,14,15,16);1H/t10-,11+;/m1./s1. The maximum absolute atomic E-state index is 12.1. The first-order valence-electron chi connectivity index (χ1n) is 6.04. The van der Waals surface area contributed by atoms with Crippen molar-refractivity contribution in [1.29, 1.82) is 0 Å². The number of carbonyl (C=O) groups is 1. The molecule has 0 fully saturated rings. The van der Waals surface area contributed by atoms with Gasteiger partial charge < -0.3 is 15.8 Å². The van der Waals surface area contributed by atoms with Crippen LogP contribution in [0, 0.1) is 0 Å². The van der Waals surface area contributed by atoms with Crippen molar-refractivity contribution < 1.29 is 9.53 Å². The molecule has 0 saturated heterocycles. The minimum atomic E-state index is -0.425. The van der Waals surface area contributed by atoms with E-state index >= 15 is 0 Å². The Balaban J connectivity index is 0.00000147. The van der Waals surface area contributed by atoms with Gasteiger partial charge in [0.1, 0.15) is 5.75 Å². The summed E-state index contributed by atoms with van der Waals surface area (Å²) >= 11 is 0. The molecule has 0 saturated carbocycles. The van der Waals surface area contributed by atoms with Crippen LogP contribution in [-0.4, -0.2) is 35.7 Å². The molecule has 3 rings (SSSR count). The Labute approximate surface area is 122 Å². The van der Waals surface area contributed by atoms with Gasteiger partial charge in [-0.3, -0.25) is 4.90 Å². The monoisotopic (exact) mass is 294 g/mol. The van der Waals surface area contributed by atoms with Gasteiger partial charge in [-0.15, -0.1) is 12.4 Å². The highest BCUT2D eigenvalue weighted by Gasteiger charge is 2.36. The molecule has 2 aliphatic heterocycles. The van der Waals surface area contributed by atoms with E-state index in [1.165, 1.54) is 0 Å². The van der Waals surface area contributed by atoms with Crippen LogP contribution in [0.4, 0.5) is 4.79 Å². The van der Waals surface area contributed by atoms with E-state index in [1.807, 2.05) is 30.4 Å². The average Bonchev–Trinajstić information content (AvgIpc) is 2.79. The first-order chi connectivity index (χ1) is 9.24. The van der Waals surface area contributed by atoms with Crippen molar-refractivity contribution in [2.24, 2.45) is 10.7 Å². The van der Waals surface area contributed by atoms with Crippen molar-refractivity contribution >= 4 is 24.5 Å². The molecule has 1 aromatic carbocycles. The number of halogens is 1. The number of amides is 1. The Hall–Kier alpha value is -2.21. The number of hydrogen-bond donors (Lipinski definition) is 2. The summed E-state index contributed by atoms with van der Waals surface area (Å²) in [5.74, 6) is 0.862. The van der Waals surface area contributed by atoms with Crippen LogP contribution in [0.2, 0.25) is 0 Å². The van der Waals surface area contributed by atoms with Crippen LogP contribution in [0.15, 0.2) is 47.5 Å². The molecule has 1 amide bonds. The SMILES string of the molecule is Cl.NC1=N[C@@H]2[C@@H](C=CCN2C(=O)Oc2ccccc2)N1. The molecule has 0 aliphatic carbocycles. The number of nitrogens with zero attached hydrogens (tertiary/aromatic N) is 2. The largest absolute Gasteiger partial charge is 0.417 e. The number of guanidine groups is 1. The molecule has 2 aliphatic rings. The molecule has 0 spiro atoms. The van der Waals surface area contributed by atoms with Crippen molar-refractivity contribution in [3.05, 3.63) is 42.5 Å². The van der Waals surface area contributed by atoms with Gasteiger partial charge in [0.25, 0.3) is 0 Å². The number of benzene rings is 1. The fraction of sp³-hybridized carbons (Fsp3) is 0.231. The van der Waals surface area contributed by atoms with Gasteiger partial charge in [0, 0.05) is 6.54 Å². The fourth-order valence-electron chi connectivity index (χ4n) is 2.18. The molecule has 0 aromatic heterocycles. The van der Waals surface area contributed by atoms with Crippen molar-refractivity contribution in [2.45, 2.75) is 12.2 Å². The first kappa shape index (κ1) is 14.2. The van der Waals surface area contributed by atoms with Gasteiger partial charge in [-0.1, -0.05) is 30.4 Å². The zero-order valence-electron chi connectivity index (χ0n) is 10.6. The zero-order chi connectivity index (χ0) is 13.2. The number of ether oxygens (including phenoxy) is 1. The van der Waals surface area contributed by atoms with Gasteiger partial charge in [0.2, 0.25) is 0 Å². The summed E-state index contributed by atoms with van der Waals surface area (Å²) in [5.41, 5.74) is 5.64. The molecule has 0 radical (unpaired) electrons. The smallest absolute Gasteiger partial charge is 0.410 e. The van der Waals surface area contributed by atoms with Crippen LogP contribution >= 0.6 is 12.4 Å². The summed E-state index contributed by atoms with van der Waals surface area (Å²) < 4.78 is 5.31. The molecule has 3 N–H and O–H groups in total. The topological polar surface area (TPSA) is 80.0 Å². The molecule has 20 heavy (non-hydrogen) atoms. The lowest BCUT2D eigenvalue weighted by Crippen LogP contribution is -2.50. The number of nitrogens with two attached hydrogens (primary N) is 1. The maximum atomic E-state index is 12.1. The Morgan fingerprint density at radius 3 is 2.90 bits per heavy atom. The van der Waals surface area contributed by atoms with Crippen LogP contribution in [0.5, 0.6) is 5.75 Å². The van der Waals surface area contributed by atoms with E-state index in [9.17, 15) is 4.79 Å². The van der Waals surface area contributed by atoms with E-state index in [1.54, 1.807) is 17.0 Å². The van der Waals surface area contributed by atoms with E-state index in [-0.39, 0.29) is 24.6 Å². The van der Waals surface area contributed by atoms with Crippen LogP contribution in [0.3, 0.4) is 0 Å². The lowest BCUT2D eigenvalue weighted by Gasteiger charge is -2.30. The first-order valence-corrected chi connectivity index (χ1v) is 6.04. The van der Waals surface area contributed by atoms with Crippen molar-refractivity contribution in [2.75, 3.05) is 6.54 Å². The lowest BCUT2D eigenvalue weighted by atomic mass is 10.1. The van der Waals surface area contributed by atoms with Gasteiger partial charge in [0.15, 0.2) is 12.1 Å². The Morgan fingerprint density at radius 1 is 1.40 bits per heavy atom. The van der Waals surface area contributed by atoms with E-state index in [0.29, 0.717) is 18.3 Å². The van der Waals surface area contributed by atoms with Crippen LogP contribution in [-0.2, 0) is 0 Å². The fourth-order valence-corrected chi connectivity index (χ4v) is 2.18. The molecule has 7 heteroatoms. The van der Waals surface area contributed by atoms with Crippen molar-refractivity contribution in [1.82, 2.24) is 10.2 Å². The quantitative estimate of drug-likeness (QED) is 0.760. The minimum Gasteiger partial charge on any atom is -0.410 e. The third-order valence-electron chi connectivity index (χ3n) is 3.05. The summed E-state index contributed by atoms with van der Waals surface area (Å²) in [6.07, 6.45) is 3.10. The van der Waals surface area contributed by atoms with Crippen molar-refractivity contribution in [3.8, 4) is 5.75 Å². The third-order valence-corrected chi connectivity index (χ3v) is 3.05. The van der Waals surface area contributed by atoms with E-state index in [4.69, 9.17) is 10.5 Å². The Bertz CT molecular complexity index is 547. The summed E-state index contributed by atoms with van der Waals surface area (Å²) in [7, 11) is 0. The Kier molecular flexibility index (Phi) is 4.14. The highest BCUT2D eigenvalue weighted by atomic mass is 35.5. The van der Waals surface area contributed by atoms with Gasteiger partial charge in [0.05, 0.1) is 6.04 Å². The molecular weight excluding hydrogens is 280 g/mol. The van der Waals surface area contributed by atoms with Gasteiger partial charge in [-0.25, -0.2) is 9.79 Å². The number of nitrogens with one attached hydrogen (secondary N) is 1. The highest BCUT2D eigenvalue weighted by molar-refractivity contribution is 5.85. The highest BCUT2D eigenvalue weighted by Crippen LogP contribution is 2.19. The molecule has 1 aromatic rings. The second-order valence-electron chi connectivity index (χ2n) is 4.36. The molecule has 106 valence electrons. The normalized spacial score (nSPS) is 23.2. The van der Waals surface area contributed by atoms with Crippen LogP contribution < -0.4 is 15.8 Å². The zero-order valence-corrected chi connectivity index (χ0v) is 11.4. The average molecular weight is 295 g/mol. The maximum Gasteiger partial charge on any atom is 0.417 e. The van der Waals surface area contributed by atoms with E-state index in [2.05, 4.69) is 10.3 Å². The summed E-state index contributed by atoms with van der Waals surface area (Å²) in [5, 5.41) is 3.00. The number of para-hydroxylation sites is 1. The van der Waals surface area contributed by atoms with Crippen molar-refractivity contribution in [3.63, 3.8) is 0 Å². The second kappa shape index (κ2) is 5.83. The van der Waals surface area contributed by atoms with Crippen LogP contribution in [0.25, 0.3) is 0 Å². The van der Waals surface area contributed by atoms with Crippen LogP contribution in [0.1, 0.15) is 0 Å². The van der Waals surface area contributed by atoms with Gasteiger partial charge >= 0.3 is 6.09 Å². The number of hydrogen-bond acceptors (Lipinski definition) is 5. The molecule has 2 atom stereocenters. The Morgan fingerprint density at radius 2 is 2.15 bits per heavy atom. The molecular formula is C13H15ClN4O2. The van der Waals surface area contributed by atoms with E-state index < -0.39 is 6.09 Å². The van der Waals surface area contributed by atoms with E-state index in [0.717, 1.165) is 0 Å². The molecule has 2 heterocycles. The number of fused-ring (bicyclic) bond motifs is 1. The summed E-state index contributed by atoms with van der Waals surface area (Å²) in [6.45, 7) is 0.464. The number of carbonyl (C=O) groups excluding carboxylic acids is 1. The predicted octanol–water partition coefficient (Wildman–Crippen LogP) is 1.09. The van der Waals surface area contributed by atoms with Gasteiger partial charge in [-0.05, 0) is 12.1 Å². The number of rotatable bonds is 1. The molecule has 0 bridgehead atoms. The second-order valence-corrected chi connectivity index (χ2v) is 4.36. The number of aliphatic imine (C=N–C) groups is 1. The van der Waals surface area contributed by atoms with Gasteiger partial charge in [-0.2, -0.15) is 0 Å². The summed E-state index contributed by atoms with van der Waals surface area (Å²) in [4.78, 5) is 17.9. The third kappa shape index (κ3) is 2.70. The molecule has 6 nitrogen and oxygen atoms in total. The minimum absolute atomic E-state index is 0. The summed E-state index contributed by atoms with van der Waals surface area (Å²) in [6, 6.07) is 8.89. The molecule has 0 unspecified atom stereocenters. The lowest BCUT2D eigenvalue weighted by molar-refractivity contribution is 0.133. The predicted molar refractivity (Wildman–Crippen MR) is 77.9 cm³/mol.